The van der Waals surface area contributed by atoms with Crippen molar-refractivity contribution in [2.75, 3.05) is 0 Å². The van der Waals surface area contributed by atoms with Crippen LogP contribution in [0.25, 0.3) is 0 Å². The summed E-state index contributed by atoms with van der Waals surface area (Å²) in [6, 6.07) is 5.13. The molecule has 0 aliphatic carbocycles. The molecule has 0 aromatic heterocycles. The Balaban J connectivity index is 3.19. The highest BCUT2D eigenvalue weighted by atomic mass is 19.1. The molecule has 72 valence electrons. The van der Waals surface area contributed by atoms with Crippen LogP contribution in [-0.4, -0.2) is 0 Å². The van der Waals surface area contributed by atoms with Gasteiger partial charge >= 0.3 is 0 Å². The topological polar surface area (TPSA) is 26.0 Å². The van der Waals surface area contributed by atoms with E-state index in [1.165, 1.54) is 6.07 Å². The van der Waals surface area contributed by atoms with Crippen molar-refractivity contribution in [2.45, 2.75) is 32.7 Å². The molecule has 0 fully saturated rings. The fourth-order valence-electron chi connectivity index (χ4n) is 1.29. The molecule has 0 radical (unpaired) electrons. The third-order valence-electron chi connectivity index (χ3n) is 2.13. The quantitative estimate of drug-likeness (QED) is 0.745. The van der Waals surface area contributed by atoms with Gasteiger partial charge in [0, 0.05) is 11.1 Å². The van der Waals surface area contributed by atoms with Gasteiger partial charge in [-0.05, 0) is 31.9 Å². The monoisotopic (exact) mass is 181 g/mol. The zero-order valence-corrected chi connectivity index (χ0v) is 8.39. The summed E-state index contributed by atoms with van der Waals surface area (Å²) in [4.78, 5) is 0. The van der Waals surface area contributed by atoms with Gasteiger partial charge in [-0.15, -0.1) is 0 Å². The maximum Gasteiger partial charge on any atom is 0.128 e. The molecule has 0 amide bonds. The maximum atomic E-state index is 13.3. The Hall–Kier alpha value is -0.890. The molecule has 0 saturated carbocycles. The molecule has 0 heterocycles. The van der Waals surface area contributed by atoms with E-state index in [1.807, 2.05) is 26.8 Å². The van der Waals surface area contributed by atoms with Gasteiger partial charge in [0.1, 0.15) is 5.82 Å². The summed E-state index contributed by atoms with van der Waals surface area (Å²) in [7, 11) is 0. The van der Waals surface area contributed by atoms with E-state index in [1.54, 1.807) is 6.07 Å². The molecule has 13 heavy (non-hydrogen) atoms. The van der Waals surface area contributed by atoms with Crippen LogP contribution in [0.5, 0.6) is 0 Å². The van der Waals surface area contributed by atoms with Gasteiger partial charge < -0.3 is 5.73 Å². The lowest BCUT2D eigenvalue weighted by atomic mass is 9.93. The molecule has 1 nitrogen and oxygen atoms in total. The van der Waals surface area contributed by atoms with Crippen LogP contribution < -0.4 is 5.73 Å². The highest BCUT2D eigenvalue weighted by Crippen LogP contribution is 2.21. The lowest BCUT2D eigenvalue weighted by molar-refractivity contribution is 0.500. The van der Waals surface area contributed by atoms with E-state index in [0.717, 1.165) is 12.0 Å². The van der Waals surface area contributed by atoms with Crippen molar-refractivity contribution in [3.63, 3.8) is 0 Å². The summed E-state index contributed by atoms with van der Waals surface area (Å²) >= 11 is 0. The Morgan fingerprint density at radius 3 is 2.46 bits per heavy atom. The van der Waals surface area contributed by atoms with Crippen LogP contribution in [0, 0.1) is 5.82 Å². The van der Waals surface area contributed by atoms with Crippen LogP contribution in [0.1, 0.15) is 31.9 Å². The third-order valence-corrected chi connectivity index (χ3v) is 2.13. The van der Waals surface area contributed by atoms with Gasteiger partial charge in [-0.3, -0.25) is 0 Å². The van der Waals surface area contributed by atoms with Crippen LogP contribution in [0.15, 0.2) is 18.2 Å². The Bertz CT molecular complexity index is 299. The van der Waals surface area contributed by atoms with Crippen molar-refractivity contribution in [1.82, 2.24) is 0 Å². The molecular formula is C11H16FN. The van der Waals surface area contributed by atoms with E-state index in [4.69, 9.17) is 5.73 Å². The van der Waals surface area contributed by atoms with Crippen LogP contribution in [-0.2, 0) is 12.0 Å². The van der Waals surface area contributed by atoms with Crippen LogP contribution in [0.3, 0.4) is 0 Å². The number of rotatable bonds is 2. The molecule has 2 heteroatoms. The molecule has 1 rings (SSSR count). The largest absolute Gasteiger partial charge is 0.322 e. The Morgan fingerprint density at radius 1 is 1.38 bits per heavy atom. The van der Waals surface area contributed by atoms with Gasteiger partial charge in [0.15, 0.2) is 0 Å². The van der Waals surface area contributed by atoms with Gasteiger partial charge in [-0.1, -0.05) is 19.1 Å². The van der Waals surface area contributed by atoms with Crippen LogP contribution >= 0.6 is 0 Å². The number of nitrogens with two attached hydrogens (primary N) is 1. The van der Waals surface area contributed by atoms with E-state index in [0.29, 0.717) is 5.56 Å². The lowest BCUT2D eigenvalue weighted by Crippen LogP contribution is -2.30. The fraction of sp³-hybridized carbons (Fsp3) is 0.455. The highest BCUT2D eigenvalue weighted by Gasteiger charge is 2.18. The molecule has 0 bridgehead atoms. The van der Waals surface area contributed by atoms with Crippen molar-refractivity contribution >= 4 is 0 Å². The SMILES string of the molecule is CCc1ccc(F)c(C(C)(C)N)c1. The van der Waals surface area contributed by atoms with E-state index in [9.17, 15) is 4.39 Å². The van der Waals surface area contributed by atoms with Gasteiger partial charge in [0.25, 0.3) is 0 Å². The van der Waals surface area contributed by atoms with E-state index >= 15 is 0 Å². The second-order valence-corrected chi connectivity index (χ2v) is 3.89. The van der Waals surface area contributed by atoms with Crippen molar-refractivity contribution < 1.29 is 4.39 Å². The molecule has 2 N–H and O–H groups in total. The number of aryl methyl sites for hydroxylation is 1. The first-order chi connectivity index (χ1) is 5.95. The Morgan fingerprint density at radius 2 is 2.00 bits per heavy atom. The molecule has 0 atom stereocenters. The first-order valence-corrected chi connectivity index (χ1v) is 4.53. The molecule has 1 aromatic carbocycles. The molecule has 0 saturated heterocycles. The van der Waals surface area contributed by atoms with E-state index in [2.05, 4.69) is 0 Å². The zero-order chi connectivity index (χ0) is 10.1. The summed E-state index contributed by atoms with van der Waals surface area (Å²) < 4.78 is 13.3. The highest BCUT2D eigenvalue weighted by molar-refractivity contribution is 5.29. The van der Waals surface area contributed by atoms with Crippen molar-refractivity contribution in [1.29, 1.82) is 0 Å². The predicted octanol–water partition coefficient (Wildman–Crippen LogP) is 2.58. The Labute approximate surface area is 78.8 Å². The molecule has 1 aromatic rings. The summed E-state index contributed by atoms with van der Waals surface area (Å²) in [5, 5.41) is 0. The molecule has 0 aliphatic heterocycles. The van der Waals surface area contributed by atoms with Crippen LogP contribution in [0.4, 0.5) is 4.39 Å². The Kier molecular flexibility index (Phi) is 2.71. The number of benzene rings is 1. The second-order valence-electron chi connectivity index (χ2n) is 3.89. The average Bonchev–Trinajstić information content (AvgIpc) is 2.03. The lowest BCUT2D eigenvalue weighted by Gasteiger charge is -2.20. The maximum absolute atomic E-state index is 13.3. The molecule has 0 aliphatic rings. The first-order valence-electron chi connectivity index (χ1n) is 4.53. The van der Waals surface area contributed by atoms with Crippen molar-refractivity contribution in [3.8, 4) is 0 Å². The minimum atomic E-state index is -0.602. The molecule has 0 unspecified atom stereocenters. The molecular weight excluding hydrogens is 165 g/mol. The second kappa shape index (κ2) is 3.46. The number of halogens is 1. The molecule has 0 spiro atoms. The van der Waals surface area contributed by atoms with Gasteiger partial charge in [-0.25, -0.2) is 4.39 Å². The third kappa shape index (κ3) is 2.28. The first kappa shape index (κ1) is 10.2. The minimum absolute atomic E-state index is 0.218. The predicted molar refractivity (Wildman–Crippen MR) is 53.0 cm³/mol. The van der Waals surface area contributed by atoms with Gasteiger partial charge in [0.2, 0.25) is 0 Å². The van der Waals surface area contributed by atoms with E-state index in [-0.39, 0.29) is 5.82 Å². The zero-order valence-electron chi connectivity index (χ0n) is 8.39. The summed E-state index contributed by atoms with van der Waals surface area (Å²) in [6.07, 6.45) is 0.906. The summed E-state index contributed by atoms with van der Waals surface area (Å²) in [5.41, 5.74) is 6.95. The van der Waals surface area contributed by atoms with Gasteiger partial charge in [-0.2, -0.15) is 0 Å². The normalized spacial score (nSPS) is 11.8. The number of hydrogen-bond donors (Lipinski definition) is 1. The summed E-state index contributed by atoms with van der Waals surface area (Å²) in [6.45, 7) is 5.66. The van der Waals surface area contributed by atoms with E-state index < -0.39 is 5.54 Å². The summed E-state index contributed by atoms with van der Waals surface area (Å²) in [5.74, 6) is -0.218. The van der Waals surface area contributed by atoms with Crippen LogP contribution in [0.2, 0.25) is 0 Å². The van der Waals surface area contributed by atoms with Crippen molar-refractivity contribution in [2.24, 2.45) is 5.73 Å². The fourth-order valence-corrected chi connectivity index (χ4v) is 1.29. The number of hydrogen-bond acceptors (Lipinski definition) is 1. The minimum Gasteiger partial charge on any atom is -0.322 e. The van der Waals surface area contributed by atoms with Gasteiger partial charge in [0.05, 0.1) is 0 Å². The standard InChI is InChI=1S/C11H16FN/c1-4-8-5-6-10(12)9(7-8)11(2,3)13/h5-7H,4,13H2,1-3H3. The average molecular weight is 181 g/mol. The smallest absolute Gasteiger partial charge is 0.128 e. The van der Waals surface area contributed by atoms with Crippen molar-refractivity contribution in [3.05, 3.63) is 35.1 Å².